The lowest BCUT2D eigenvalue weighted by Crippen LogP contribution is -2.38. The van der Waals surface area contributed by atoms with Crippen molar-refractivity contribution in [3.8, 4) is 5.75 Å². The minimum Gasteiger partial charge on any atom is -0.497 e. The molecule has 2 N–H and O–H groups in total. The molecule has 2 aromatic rings. The van der Waals surface area contributed by atoms with E-state index in [0.717, 1.165) is 36.9 Å². The summed E-state index contributed by atoms with van der Waals surface area (Å²) < 4.78 is 9.95. The number of nitrogens with one attached hydrogen (secondary N) is 2. The molecule has 2 rings (SSSR count). The van der Waals surface area contributed by atoms with Gasteiger partial charge in [-0.1, -0.05) is 17.3 Å². The fraction of sp³-hybridized carbons (Fsp3) is 0.375. The van der Waals surface area contributed by atoms with Crippen LogP contribution in [0.2, 0.25) is 0 Å². The molecular weight excluding hydrogens is 407 g/mol. The molecule has 0 saturated carbocycles. The van der Waals surface area contributed by atoms with E-state index in [1.165, 1.54) is 5.56 Å². The zero-order chi connectivity index (χ0) is 15.6. The van der Waals surface area contributed by atoms with Crippen molar-refractivity contribution in [2.24, 2.45) is 4.99 Å². The van der Waals surface area contributed by atoms with Crippen LogP contribution < -0.4 is 15.4 Å². The zero-order valence-corrected chi connectivity index (χ0v) is 15.7. The third-order valence-corrected chi connectivity index (χ3v) is 3.10. The van der Waals surface area contributed by atoms with Gasteiger partial charge >= 0.3 is 0 Å². The number of methoxy groups -OCH3 is 1. The Labute approximate surface area is 153 Å². The average Bonchev–Trinajstić information content (AvgIpc) is 3.06. The number of nitrogens with zero attached hydrogens (tertiary/aromatic N) is 2. The summed E-state index contributed by atoms with van der Waals surface area (Å²) >= 11 is 0. The van der Waals surface area contributed by atoms with Crippen LogP contribution in [-0.2, 0) is 13.0 Å². The lowest BCUT2D eigenvalue weighted by atomic mass is 10.1. The van der Waals surface area contributed by atoms with Crippen LogP contribution in [0.15, 0.2) is 46.1 Å². The van der Waals surface area contributed by atoms with E-state index in [2.05, 4.69) is 32.9 Å². The Morgan fingerprint density at radius 1 is 1.22 bits per heavy atom. The zero-order valence-electron chi connectivity index (χ0n) is 13.4. The van der Waals surface area contributed by atoms with Gasteiger partial charge in [-0.15, -0.1) is 24.0 Å². The number of benzene rings is 1. The summed E-state index contributed by atoms with van der Waals surface area (Å²) in [6.07, 6.45) is 2.47. The molecule has 1 aromatic carbocycles. The summed E-state index contributed by atoms with van der Waals surface area (Å²) in [6, 6.07) is 9.89. The molecule has 0 aliphatic carbocycles. The van der Waals surface area contributed by atoms with Crippen LogP contribution in [0.25, 0.3) is 0 Å². The third kappa shape index (κ3) is 6.89. The summed E-state index contributed by atoms with van der Waals surface area (Å²) in [5.41, 5.74) is 2.06. The molecular formula is C16H23IN4O2. The SMILES string of the molecule is CCNC(=NCc1ccon1)NCCc1ccc(OC)cc1.I. The maximum Gasteiger partial charge on any atom is 0.191 e. The number of aromatic nitrogens is 1. The van der Waals surface area contributed by atoms with Crippen molar-refractivity contribution in [2.45, 2.75) is 19.9 Å². The van der Waals surface area contributed by atoms with Crippen molar-refractivity contribution in [2.75, 3.05) is 20.2 Å². The highest BCUT2D eigenvalue weighted by Crippen LogP contribution is 2.11. The van der Waals surface area contributed by atoms with Crippen molar-refractivity contribution in [3.63, 3.8) is 0 Å². The Hall–Kier alpha value is -1.77. The van der Waals surface area contributed by atoms with Gasteiger partial charge in [0.2, 0.25) is 0 Å². The van der Waals surface area contributed by atoms with Gasteiger partial charge in [-0.2, -0.15) is 0 Å². The van der Waals surface area contributed by atoms with Crippen molar-refractivity contribution < 1.29 is 9.26 Å². The normalized spacial score (nSPS) is 10.8. The standard InChI is InChI=1S/C16H22N4O2.HI/c1-3-17-16(19-12-14-9-11-22-20-14)18-10-8-13-4-6-15(21-2)7-5-13;/h4-7,9,11H,3,8,10,12H2,1-2H3,(H2,17,18,19);1H. The van der Waals surface area contributed by atoms with Gasteiger partial charge in [-0.25, -0.2) is 4.99 Å². The maximum atomic E-state index is 5.15. The van der Waals surface area contributed by atoms with Crippen LogP contribution in [0, 0.1) is 0 Å². The summed E-state index contributed by atoms with van der Waals surface area (Å²) in [5.74, 6) is 1.65. The Morgan fingerprint density at radius 2 is 2.00 bits per heavy atom. The number of hydrogen-bond donors (Lipinski definition) is 2. The van der Waals surface area contributed by atoms with Gasteiger partial charge in [0.15, 0.2) is 5.96 Å². The number of guanidine groups is 1. The van der Waals surface area contributed by atoms with E-state index in [0.29, 0.717) is 6.54 Å². The number of hydrogen-bond acceptors (Lipinski definition) is 4. The second-order valence-corrected chi connectivity index (χ2v) is 4.71. The quantitative estimate of drug-likeness (QED) is 0.402. The third-order valence-electron chi connectivity index (χ3n) is 3.10. The largest absolute Gasteiger partial charge is 0.497 e. The fourth-order valence-electron chi connectivity index (χ4n) is 1.94. The topological polar surface area (TPSA) is 71.7 Å². The first-order valence-electron chi connectivity index (χ1n) is 7.36. The smallest absolute Gasteiger partial charge is 0.191 e. The molecule has 0 bridgehead atoms. The van der Waals surface area contributed by atoms with Gasteiger partial charge in [-0.05, 0) is 31.0 Å². The highest BCUT2D eigenvalue weighted by molar-refractivity contribution is 14.0. The van der Waals surface area contributed by atoms with Crippen LogP contribution in [0.5, 0.6) is 5.75 Å². The van der Waals surface area contributed by atoms with Gasteiger partial charge in [0.25, 0.3) is 0 Å². The molecule has 0 amide bonds. The summed E-state index contributed by atoms with van der Waals surface area (Å²) in [4.78, 5) is 4.47. The van der Waals surface area contributed by atoms with Gasteiger partial charge in [0, 0.05) is 19.2 Å². The van der Waals surface area contributed by atoms with Gasteiger partial charge < -0.3 is 19.9 Å². The molecule has 0 atom stereocenters. The minimum atomic E-state index is 0. The van der Waals surface area contributed by atoms with E-state index in [1.807, 2.05) is 25.1 Å². The van der Waals surface area contributed by atoms with E-state index in [9.17, 15) is 0 Å². The minimum absolute atomic E-state index is 0. The Morgan fingerprint density at radius 3 is 2.61 bits per heavy atom. The first-order valence-corrected chi connectivity index (χ1v) is 7.36. The van der Waals surface area contributed by atoms with E-state index >= 15 is 0 Å². The highest BCUT2D eigenvalue weighted by Gasteiger charge is 2.00. The maximum absolute atomic E-state index is 5.15. The lowest BCUT2D eigenvalue weighted by molar-refractivity contribution is 0.412. The summed E-state index contributed by atoms with van der Waals surface area (Å²) in [7, 11) is 1.67. The van der Waals surface area contributed by atoms with Crippen LogP contribution in [0.1, 0.15) is 18.2 Å². The second kappa shape index (κ2) is 10.9. The van der Waals surface area contributed by atoms with E-state index < -0.39 is 0 Å². The van der Waals surface area contributed by atoms with Crippen LogP contribution >= 0.6 is 24.0 Å². The van der Waals surface area contributed by atoms with E-state index in [-0.39, 0.29) is 24.0 Å². The molecule has 0 spiro atoms. The monoisotopic (exact) mass is 430 g/mol. The molecule has 7 heteroatoms. The Bertz CT molecular complexity index is 570. The van der Waals surface area contributed by atoms with Crippen molar-refractivity contribution in [3.05, 3.63) is 47.9 Å². The molecule has 126 valence electrons. The van der Waals surface area contributed by atoms with Crippen LogP contribution in [-0.4, -0.2) is 31.3 Å². The van der Waals surface area contributed by atoms with Gasteiger partial charge in [-0.3, -0.25) is 0 Å². The molecule has 23 heavy (non-hydrogen) atoms. The summed E-state index contributed by atoms with van der Waals surface area (Å²) in [6.45, 7) is 4.15. The molecule has 1 heterocycles. The molecule has 1 aromatic heterocycles. The van der Waals surface area contributed by atoms with E-state index in [1.54, 1.807) is 13.4 Å². The predicted molar refractivity (Wildman–Crippen MR) is 101 cm³/mol. The van der Waals surface area contributed by atoms with Crippen molar-refractivity contribution in [1.29, 1.82) is 0 Å². The molecule has 0 radical (unpaired) electrons. The molecule has 0 saturated heterocycles. The number of aliphatic imine (C=N–C) groups is 1. The lowest BCUT2D eigenvalue weighted by Gasteiger charge is -2.11. The number of rotatable bonds is 7. The Balaban J connectivity index is 0.00000264. The first kappa shape index (κ1) is 19.3. The molecule has 6 nitrogen and oxygen atoms in total. The first-order chi connectivity index (χ1) is 10.8. The van der Waals surface area contributed by atoms with Crippen LogP contribution in [0.4, 0.5) is 0 Å². The second-order valence-electron chi connectivity index (χ2n) is 4.71. The Kier molecular flexibility index (Phi) is 9.11. The van der Waals surface area contributed by atoms with Gasteiger partial charge in [0.05, 0.1) is 13.7 Å². The number of halogens is 1. The summed E-state index contributed by atoms with van der Waals surface area (Å²) in [5, 5.41) is 10.4. The molecule has 0 unspecified atom stereocenters. The molecule has 0 fully saturated rings. The molecule has 0 aliphatic heterocycles. The van der Waals surface area contributed by atoms with Crippen LogP contribution in [0.3, 0.4) is 0 Å². The van der Waals surface area contributed by atoms with Gasteiger partial charge in [0.1, 0.15) is 17.7 Å². The highest BCUT2D eigenvalue weighted by atomic mass is 127. The van der Waals surface area contributed by atoms with E-state index in [4.69, 9.17) is 9.26 Å². The van der Waals surface area contributed by atoms with Crippen molar-refractivity contribution >= 4 is 29.9 Å². The average molecular weight is 430 g/mol. The number of ether oxygens (including phenoxy) is 1. The fourth-order valence-corrected chi connectivity index (χ4v) is 1.94. The van der Waals surface area contributed by atoms with Crippen molar-refractivity contribution in [1.82, 2.24) is 15.8 Å². The predicted octanol–water partition coefficient (Wildman–Crippen LogP) is 2.60. The molecule has 0 aliphatic rings.